The Kier molecular flexibility index (Phi) is 3.56. The highest BCUT2D eigenvalue weighted by Gasteiger charge is 2.24. The summed E-state index contributed by atoms with van der Waals surface area (Å²) in [4.78, 5) is 23.7. The van der Waals surface area contributed by atoms with Crippen molar-refractivity contribution in [1.82, 2.24) is 14.9 Å². The van der Waals surface area contributed by atoms with E-state index in [4.69, 9.17) is 0 Å². The molecule has 1 aliphatic rings. The predicted octanol–water partition coefficient (Wildman–Crippen LogP) is 0.924. The lowest BCUT2D eigenvalue weighted by atomic mass is 10.0. The zero-order chi connectivity index (χ0) is 12.3. The topological polar surface area (TPSA) is 49.3 Å². The Balaban J connectivity index is 1.93. The average Bonchev–Trinajstić information content (AvgIpc) is 2.39. The van der Waals surface area contributed by atoms with E-state index in [1.54, 1.807) is 25.5 Å². The first-order valence-electron chi connectivity index (χ1n) is 5.93. The van der Waals surface area contributed by atoms with Gasteiger partial charge in [-0.25, -0.2) is 4.98 Å². The Hall–Kier alpha value is -1.65. The highest BCUT2D eigenvalue weighted by molar-refractivity contribution is 5.73. The maximum Gasteiger partial charge on any atom is 0.219 e. The van der Waals surface area contributed by atoms with Crippen molar-refractivity contribution in [2.45, 2.75) is 25.8 Å². The van der Waals surface area contributed by atoms with E-state index in [1.165, 1.54) is 0 Å². The Morgan fingerprint density at radius 1 is 1.41 bits per heavy atom. The number of carbonyl (C=O) groups is 1. The van der Waals surface area contributed by atoms with Crippen molar-refractivity contribution < 1.29 is 4.79 Å². The van der Waals surface area contributed by atoms with Crippen LogP contribution < -0.4 is 4.90 Å². The van der Waals surface area contributed by atoms with Gasteiger partial charge in [-0.05, 0) is 12.8 Å². The van der Waals surface area contributed by atoms with Gasteiger partial charge in [-0.2, -0.15) is 0 Å². The average molecular weight is 234 g/mol. The number of hydrogen-bond donors (Lipinski definition) is 0. The molecule has 0 spiro atoms. The lowest BCUT2D eigenvalue weighted by Gasteiger charge is -2.36. The van der Waals surface area contributed by atoms with E-state index < -0.39 is 0 Å². The zero-order valence-electron chi connectivity index (χ0n) is 10.3. The molecule has 0 radical (unpaired) electrons. The molecule has 92 valence electrons. The predicted molar refractivity (Wildman–Crippen MR) is 65.7 cm³/mol. The van der Waals surface area contributed by atoms with E-state index in [9.17, 15) is 4.79 Å². The van der Waals surface area contributed by atoms with Gasteiger partial charge >= 0.3 is 0 Å². The standard InChI is InChI=1S/C12H18N4O/c1-10(17)15(2)11-3-7-16(8-4-11)12-9-13-5-6-14-12/h5-6,9,11H,3-4,7-8H2,1-2H3. The summed E-state index contributed by atoms with van der Waals surface area (Å²) in [6, 6.07) is 0.362. The molecule has 1 saturated heterocycles. The van der Waals surface area contributed by atoms with Crippen LogP contribution in [0.3, 0.4) is 0 Å². The van der Waals surface area contributed by atoms with Crippen molar-refractivity contribution in [3.63, 3.8) is 0 Å². The zero-order valence-corrected chi connectivity index (χ0v) is 10.3. The molecule has 1 fully saturated rings. The first-order chi connectivity index (χ1) is 8.18. The third kappa shape index (κ3) is 2.72. The first kappa shape index (κ1) is 11.8. The number of nitrogens with zero attached hydrogens (tertiary/aromatic N) is 4. The Bertz CT molecular complexity index is 373. The smallest absolute Gasteiger partial charge is 0.219 e. The third-order valence-corrected chi connectivity index (χ3v) is 3.38. The van der Waals surface area contributed by atoms with Gasteiger partial charge in [0.15, 0.2) is 0 Å². The van der Waals surface area contributed by atoms with E-state index in [-0.39, 0.29) is 5.91 Å². The molecule has 5 nitrogen and oxygen atoms in total. The number of anilines is 1. The van der Waals surface area contributed by atoms with Crippen molar-refractivity contribution in [2.24, 2.45) is 0 Å². The van der Waals surface area contributed by atoms with Gasteiger partial charge in [0, 0.05) is 45.5 Å². The van der Waals surface area contributed by atoms with Crippen molar-refractivity contribution in [2.75, 3.05) is 25.0 Å². The molecule has 0 saturated carbocycles. The van der Waals surface area contributed by atoms with Crippen LogP contribution in [0.2, 0.25) is 0 Å². The number of amides is 1. The van der Waals surface area contributed by atoms with Gasteiger partial charge in [-0.1, -0.05) is 0 Å². The molecule has 0 aliphatic carbocycles. The maximum absolute atomic E-state index is 11.3. The van der Waals surface area contributed by atoms with E-state index in [2.05, 4.69) is 14.9 Å². The second-order valence-corrected chi connectivity index (χ2v) is 4.41. The molecule has 0 atom stereocenters. The van der Waals surface area contributed by atoms with E-state index in [0.29, 0.717) is 6.04 Å². The highest BCUT2D eigenvalue weighted by atomic mass is 16.2. The van der Waals surface area contributed by atoms with Gasteiger partial charge in [0.25, 0.3) is 0 Å². The number of piperidine rings is 1. The number of aromatic nitrogens is 2. The lowest BCUT2D eigenvalue weighted by Crippen LogP contribution is -2.45. The molecule has 1 aromatic heterocycles. The summed E-state index contributed by atoms with van der Waals surface area (Å²) in [5, 5.41) is 0. The molecule has 1 aromatic rings. The molecular formula is C12H18N4O. The second kappa shape index (κ2) is 5.12. The van der Waals surface area contributed by atoms with Crippen LogP contribution in [-0.4, -0.2) is 47.0 Å². The van der Waals surface area contributed by atoms with Crippen LogP contribution in [0.5, 0.6) is 0 Å². The molecule has 0 bridgehead atoms. The van der Waals surface area contributed by atoms with Crippen LogP contribution in [0.15, 0.2) is 18.6 Å². The molecule has 1 aliphatic heterocycles. The fourth-order valence-corrected chi connectivity index (χ4v) is 2.19. The SMILES string of the molecule is CC(=O)N(C)C1CCN(c2cnccn2)CC1. The normalized spacial score (nSPS) is 16.9. The van der Waals surface area contributed by atoms with Crippen LogP contribution in [-0.2, 0) is 4.79 Å². The van der Waals surface area contributed by atoms with Gasteiger partial charge in [-0.15, -0.1) is 0 Å². The molecule has 0 N–H and O–H groups in total. The summed E-state index contributed by atoms with van der Waals surface area (Å²) in [7, 11) is 1.88. The quantitative estimate of drug-likeness (QED) is 0.763. The van der Waals surface area contributed by atoms with Crippen LogP contribution in [0.1, 0.15) is 19.8 Å². The number of hydrogen-bond acceptors (Lipinski definition) is 4. The maximum atomic E-state index is 11.3. The van der Waals surface area contributed by atoms with Gasteiger partial charge in [0.1, 0.15) is 5.82 Å². The van der Waals surface area contributed by atoms with Crippen LogP contribution in [0, 0.1) is 0 Å². The molecule has 0 aromatic carbocycles. The molecular weight excluding hydrogens is 216 g/mol. The van der Waals surface area contributed by atoms with E-state index in [1.807, 2.05) is 11.9 Å². The number of rotatable bonds is 2. The first-order valence-corrected chi connectivity index (χ1v) is 5.93. The van der Waals surface area contributed by atoms with Crippen molar-refractivity contribution in [3.8, 4) is 0 Å². The number of carbonyl (C=O) groups excluding carboxylic acids is 1. The van der Waals surface area contributed by atoms with Crippen molar-refractivity contribution in [1.29, 1.82) is 0 Å². The van der Waals surface area contributed by atoms with E-state index >= 15 is 0 Å². The molecule has 17 heavy (non-hydrogen) atoms. The monoisotopic (exact) mass is 234 g/mol. The fraction of sp³-hybridized carbons (Fsp3) is 0.583. The van der Waals surface area contributed by atoms with Crippen LogP contribution in [0.4, 0.5) is 5.82 Å². The van der Waals surface area contributed by atoms with Gasteiger partial charge < -0.3 is 9.80 Å². The Morgan fingerprint density at radius 3 is 2.65 bits per heavy atom. The largest absolute Gasteiger partial charge is 0.355 e. The minimum absolute atomic E-state index is 0.142. The Morgan fingerprint density at radius 2 is 2.12 bits per heavy atom. The summed E-state index contributed by atoms with van der Waals surface area (Å²) < 4.78 is 0. The van der Waals surface area contributed by atoms with Crippen molar-refractivity contribution >= 4 is 11.7 Å². The fourth-order valence-electron chi connectivity index (χ4n) is 2.19. The Labute approximate surface area is 101 Å². The van der Waals surface area contributed by atoms with Crippen LogP contribution in [0.25, 0.3) is 0 Å². The van der Waals surface area contributed by atoms with Gasteiger partial charge in [-0.3, -0.25) is 9.78 Å². The molecule has 2 rings (SSSR count). The van der Waals surface area contributed by atoms with Crippen molar-refractivity contribution in [3.05, 3.63) is 18.6 Å². The second-order valence-electron chi connectivity index (χ2n) is 4.41. The molecule has 5 heteroatoms. The van der Waals surface area contributed by atoms with Crippen LogP contribution >= 0.6 is 0 Å². The van der Waals surface area contributed by atoms with Gasteiger partial charge in [0.2, 0.25) is 5.91 Å². The summed E-state index contributed by atoms with van der Waals surface area (Å²) in [5.41, 5.74) is 0. The summed E-state index contributed by atoms with van der Waals surface area (Å²) >= 11 is 0. The minimum Gasteiger partial charge on any atom is -0.355 e. The molecule has 0 unspecified atom stereocenters. The molecule has 1 amide bonds. The molecule has 2 heterocycles. The minimum atomic E-state index is 0.142. The summed E-state index contributed by atoms with van der Waals surface area (Å²) in [6.07, 6.45) is 7.16. The van der Waals surface area contributed by atoms with E-state index in [0.717, 1.165) is 31.7 Å². The third-order valence-electron chi connectivity index (χ3n) is 3.38. The lowest BCUT2D eigenvalue weighted by molar-refractivity contribution is -0.129. The summed E-state index contributed by atoms with van der Waals surface area (Å²) in [6.45, 7) is 3.48. The van der Waals surface area contributed by atoms with Gasteiger partial charge in [0.05, 0.1) is 6.20 Å². The highest BCUT2D eigenvalue weighted by Crippen LogP contribution is 2.19. The summed E-state index contributed by atoms with van der Waals surface area (Å²) in [5.74, 6) is 1.07.